The first-order chi connectivity index (χ1) is 8.56. The zero-order valence-corrected chi connectivity index (χ0v) is 10.6. The molecule has 0 radical (unpaired) electrons. The molecule has 0 bridgehead atoms. The summed E-state index contributed by atoms with van der Waals surface area (Å²) in [5, 5.41) is 11.5. The van der Waals surface area contributed by atoms with E-state index in [0.29, 0.717) is 0 Å². The summed E-state index contributed by atoms with van der Waals surface area (Å²) in [6, 6.07) is 7.44. The summed E-state index contributed by atoms with van der Waals surface area (Å²) >= 11 is 0. The van der Waals surface area contributed by atoms with Gasteiger partial charge in [0.2, 0.25) is 5.91 Å². The monoisotopic (exact) mass is 250 g/mol. The van der Waals surface area contributed by atoms with Crippen molar-refractivity contribution in [3.63, 3.8) is 0 Å². The lowest BCUT2D eigenvalue weighted by molar-refractivity contribution is -0.136. The number of amides is 1. The molecule has 0 aliphatic heterocycles. The van der Waals surface area contributed by atoms with Gasteiger partial charge in [0.25, 0.3) is 0 Å². The van der Waals surface area contributed by atoms with Crippen LogP contribution in [0.15, 0.2) is 24.3 Å². The van der Waals surface area contributed by atoms with Crippen molar-refractivity contribution in [2.45, 2.75) is 13.3 Å². The number of nitrogens with zero attached hydrogens (tertiary/aromatic N) is 1. The molecular weight excluding hydrogens is 232 g/mol. The van der Waals surface area contributed by atoms with Gasteiger partial charge in [-0.3, -0.25) is 9.59 Å². The second kappa shape index (κ2) is 6.76. The van der Waals surface area contributed by atoms with Crippen LogP contribution in [0.25, 0.3) is 0 Å². The second-order valence-corrected chi connectivity index (χ2v) is 4.01. The van der Waals surface area contributed by atoms with Crippen molar-refractivity contribution < 1.29 is 14.7 Å². The van der Waals surface area contributed by atoms with Crippen LogP contribution in [0.4, 0.5) is 5.69 Å². The summed E-state index contributed by atoms with van der Waals surface area (Å²) in [5.74, 6) is -1.04. The number of hydrogen-bond acceptors (Lipinski definition) is 3. The van der Waals surface area contributed by atoms with Gasteiger partial charge in [0, 0.05) is 12.2 Å². The number of carbonyl (C=O) groups excluding carboxylic acids is 1. The molecule has 0 unspecified atom stereocenters. The number of aliphatic carboxylic acids is 1. The molecule has 1 rings (SSSR count). The zero-order chi connectivity index (χ0) is 13.5. The van der Waals surface area contributed by atoms with Crippen LogP contribution in [-0.2, 0) is 9.59 Å². The van der Waals surface area contributed by atoms with E-state index in [1.54, 1.807) is 7.05 Å². The van der Waals surface area contributed by atoms with Gasteiger partial charge in [-0.25, -0.2) is 0 Å². The lowest BCUT2D eigenvalue weighted by atomic mass is 10.1. The van der Waals surface area contributed by atoms with Gasteiger partial charge in [-0.05, 0) is 25.6 Å². The molecule has 5 nitrogen and oxygen atoms in total. The van der Waals surface area contributed by atoms with E-state index in [-0.39, 0.29) is 25.4 Å². The SMILES string of the molecule is CNCC(=O)N(CCC(=O)O)c1ccccc1C. The second-order valence-electron chi connectivity index (χ2n) is 4.01. The number of nitrogens with one attached hydrogen (secondary N) is 1. The van der Waals surface area contributed by atoms with Crippen LogP contribution in [0, 0.1) is 6.92 Å². The van der Waals surface area contributed by atoms with Crippen LogP contribution in [-0.4, -0.2) is 37.1 Å². The average Bonchev–Trinajstić information content (AvgIpc) is 2.31. The van der Waals surface area contributed by atoms with E-state index in [4.69, 9.17) is 5.11 Å². The Morgan fingerprint density at radius 2 is 2.00 bits per heavy atom. The molecule has 0 aliphatic carbocycles. The van der Waals surface area contributed by atoms with E-state index in [1.807, 2.05) is 31.2 Å². The average molecular weight is 250 g/mol. The third kappa shape index (κ3) is 3.85. The lowest BCUT2D eigenvalue weighted by Gasteiger charge is -2.23. The molecule has 0 heterocycles. The zero-order valence-electron chi connectivity index (χ0n) is 10.6. The number of likely N-dealkylation sites (N-methyl/N-ethyl adjacent to an activating group) is 1. The van der Waals surface area contributed by atoms with E-state index in [0.717, 1.165) is 11.3 Å². The van der Waals surface area contributed by atoms with Crippen LogP contribution < -0.4 is 10.2 Å². The van der Waals surface area contributed by atoms with Crippen LogP contribution in [0.3, 0.4) is 0 Å². The first-order valence-corrected chi connectivity index (χ1v) is 5.78. The standard InChI is InChI=1S/C13H18N2O3/c1-10-5-3-4-6-11(10)15(8-7-13(17)18)12(16)9-14-2/h3-6,14H,7-9H2,1-2H3,(H,17,18). The molecule has 0 aliphatic rings. The van der Waals surface area contributed by atoms with E-state index in [9.17, 15) is 9.59 Å². The predicted molar refractivity (Wildman–Crippen MR) is 69.7 cm³/mol. The number of carbonyl (C=O) groups is 2. The summed E-state index contributed by atoms with van der Waals surface area (Å²) in [4.78, 5) is 24.1. The molecule has 1 aromatic carbocycles. The van der Waals surface area contributed by atoms with Crippen molar-refractivity contribution in [3.8, 4) is 0 Å². The maximum Gasteiger partial charge on any atom is 0.305 e. The normalized spacial score (nSPS) is 10.1. The van der Waals surface area contributed by atoms with Gasteiger partial charge in [-0.2, -0.15) is 0 Å². The fourth-order valence-corrected chi connectivity index (χ4v) is 1.70. The van der Waals surface area contributed by atoms with Gasteiger partial charge in [-0.15, -0.1) is 0 Å². The number of para-hydroxylation sites is 1. The van der Waals surface area contributed by atoms with Gasteiger partial charge in [0.05, 0.1) is 13.0 Å². The Bertz CT molecular complexity index is 432. The first-order valence-electron chi connectivity index (χ1n) is 5.78. The summed E-state index contributed by atoms with van der Waals surface area (Å²) in [7, 11) is 1.69. The summed E-state index contributed by atoms with van der Waals surface area (Å²) in [6.07, 6.45) is -0.0657. The molecule has 0 spiro atoms. The highest BCUT2D eigenvalue weighted by molar-refractivity contribution is 5.95. The Balaban J connectivity index is 2.93. The van der Waals surface area contributed by atoms with Crippen LogP contribution in [0.2, 0.25) is 0 Å². The summed E-state index contributed by atoms with van der Waals surface area (Å²) in [6.45, 7) is 2.27. The molecule has 2 N–H and O–H groups in total. The van der Waals surface area contributed by atoms with Gasteiger partial charge in [0.15, 0.2) is 0 Å². The van der Waals surface area contributed by atoms with Gasteiger partial charge in [0.1, 0.15) is 0 Å². The maximum absolute atomic E-state index is 12.0. The van der Waals surface area contributed by atoms with Crippen molar-refractivity contribution >= 4 is 17.6 Å². The number of aryl methyl sites for hydroxylation is 1. The van der Waals surface area contributed by atoms with Crippen molar-refractivity contribution in [2.75, 3.05) is 25.0 Å². The molecule has 18 heavy (non-hydrogen) atoms. The van der Waals surface area contributed by atoms with Gasteiger partial charge >= 0.3 is 5.97 Å². The van der Waals surface area contributed by atoms with Crippen LogP contribution in [0.5, 0.6) is 0 Å². The van der Waals surface area contributed by atoms with Gasteiger partial charge < -0.3 is 15.3 Å². The number of carboxylic acid groups (broad SMARTS) is 1. The number of rotatable bonds is 6. The van der Waals surface area contributed by atoms with E-state index < -0.39 is 5.97 Å². The molecule has 1 amide bonds. The van der Waals surface area contributed by atoms with Crippen molar-refractivity contribution in [2.24, 2.45) is 0 Å². The lowest BCUT2D eigenvalue weighted by Crippen LogP contribution is -2.39. The minimum absolute atomic E-state index is 0.0657. The molecule has 0 saturated carbocycles. The van der Waals surface area contributed by atoms with Crippen molar-refractivity contribution in [1.82, 2.24) is 5.32 Å². The Morgan fingerprint density at radius 1 is 1.33 bits per heavy atom. The minimum atomic E-state index is -0.911. The Hall–Kier alpha value is -1.88. The number of anilines is 1. The third-order valence-corrected chi connectivity index (χ3v) is 2.58. The fraction of sp³-hybridized carbons (Fsp3) is 0.385. The molecule has 5 heteroatoms. The number of hydrogen-bond donors (Lipinski definition) is 2. The summed E-state index contributed by atoms with van der Waals surface area (Å²) < 4.78 is 0. The quantitative estimate of drug-likeness (QED) is 0.791. The highest BCUT2D eigenvalue weighted by atomic mass is 16.4. The van der Waals surface area contributed by atoms with Crippen molar-refractivity contribution in [1.29, 1.82) is 0 Å². The Labute approximate surface area is 106 Å². The van der Waals surface area contributed by atoms with Gasteiger partial charge in [-0.1, -0.05) is 18.2 Å². The smallest absolute Gasteiger partial charge is 0.305 e. The largest absolute Gasteiger partial charge is 0.481 e. The van der Waals surface area contributed by atoms with Crippen LogP contribution in [0.1, 0.15) is 12.0 Å². The maximum atomic E-state index is 12.0. The molecule has 1 aromatic rings. The Kier molecular flexibility index (Phi) is 5.32. The van der Waals surface area contributed by atoms with Crippen LogP contribution >= 0.6 is 0 Å². The summed E-state index contributed by atoms with van der Waals surface area (Å²) in [5.41, 5.74) is 1.71. The molecule has 98 valence electrons. The number of benzene rings is 1. The Morgan fingerprint density at radius 3 is 2.56 bits per heavy atom. The molecule has 0 fully saturated rings. The topological polar surface area (TPSA) is 69.6 Å². The van der Waals surface area contributed by atoms with Crippen molar-refractivity contribution in [3.05, 3.63) is 29.8 Å². The highest BCUT2D eigenvalue weighted by Gasteiger charge is 2.17. The minimum Gasteiger partial charge on any atom is -0.481 e. The van der Waals surface area contributed by atoms with E-state index >= 15 is 0 Å². The van der Waals surface area contributed by atoms with E-state index in [2.05, 4.69) is 5.32 Å². The molecule has 0 atom stereocenters. The molecule has 0 aromatic heterocycles. The predicted octanol–water partition coefficient (Wildman–Crippen LogP) is 1.02. The number of carboxylic acids is 1. The molecule has 0 saturated heterocycles. The highest BCUT2D eigenvalue weighted by Crippen LogP contribution is 2.19. The molecular formula is C13H18N2O3. The third-order valence-electron chi connectivity index (χ3n) is 2.58. The first kappa shape index (κ1) is 14.2. The van der Waals surface area contributed by atoms with E-state index in [1.165, 1.54) is 4.90 Å². The fourth-order valence-electron chi connectivity index (χ4n) is 1.70.